The molecule has 0 aromatic rings. The van der Waals surface area contributed by atoms with Crippen LogP contribution < -0.4 is 0 Å². The molecule has 0 aliphatic carbocycles. The lowest BCUT2D eigenvalue weighted by Gasteiger charge is -2.39. The Bertz CT molecular complexity index is 247. The standard InChI is InChI=1S/C17H38OSi/c1-15(2)17(6,13-16(3,4)5)14-18-11-10-12-19(7,8)9/h15H,10-14H2,1-9H3. The van der Waals surface area contributed by atoms with E-state index < -0.39 is 8.07 Å². The maximum absolute atomic E-state index is 6.02. The Hall–Kier alpha value is 0.177. The molecule has 0 fully saturated rings. The van der Waals surface area contributed by atoms with E-state index in [0.29, 0.717) is 16.7 Å². The van der Waals surface area contributed by atoms with Gasteiger partial charge in [0.1, 0.15) is 0 Å². The third kappa shape index (κ3) is 9.67. The second-order valence-electron chi connectivity index (χ2n) is 9.26. The van der Waals surface area contributed by atoms with Crippen LogP contribution in [0.4, 0.5) is 0 Å². The smallest absolute Gasteiger partial charge is 0.0522 e. The van der Waals surface area contributed by atoms with E-state index in [-0.39, 0.29) is 0 Å². The molecule has 0 saturated carbocycles. The van der Waals surface area contributed by atoms with Crippen LogP contribution >= 0.6 is 0 Å². The summed E-state index contributed by atoms with van der Waals surface area (Å²) in [5.74, 6) is 0.670. The first-order valence-corrected chi connectivity index (χ1v) is 11.6. The summed E-state index contributed by atoms with van der Waals surface area (Å²) in [5, 5.41) is 0. The van der Waals surface area contributed by atoms with Gasteiger partial charge in [0.05, 0.1) is 6.61 Å². The molecule has 0 bridgehead atoms. The molecule has 0 aromatic carbocycles. The monoisotopic (exact) mass is 286 g/mol. The largest absolute Gasteiger partial charge is 0.381 e. The minimum atomic E-state index is -0.893. The van der Waals surface area contributed by atoms with E-state index in [1.54, 1.807) is 0 Å². The highest BCUT2D eigenvalue weighted by molar-refractivity contribution is 6.76. The van der Waals surface area contributed by atoms with Gasteiger partial charge in [-0.15, -0.1) is 0 Å². The lowest BCUT2D eigenvalue weighted by atomic mass is 9.69. The summed E-state index contributed by atoms with van der Waals surface area (Å²) >= 11 is 0. The summed E-state index contributed by atoms with van der Waals surface area (Å²) in [7, 11) is -0.893. The molecule has 2 heteroatoms. The van der Waals surface area contributed by atoms with E-state index >= 15 is 0 Å². The van der Waals surface area contributed by atoms with Gasteiger partial charge < -0.3 is 4.74 Å². The molecule has 1 nitrogen and oxygen atoms in total. The van der Waals surface area contributed by atoms with Gasteiger partial charge in [0.2, 0.25) is 0 Å². The minimum absolute atomic E-state index is 0.303. The second kappa shape index (κ2) is 7.26. The van der Waals surface area contributed by atoms with Crippen LogP contribution in [0.5, 0.6) is 0 Å². The third-order valence-electron chi connectivity index (χ3n) is 3.98. The Morgan fingerprint density at radius 1 is 1.00 bits per heavy atom. The molecule has 19 heavy (non-hydrogen) atoms. The van der Waals surface area contributed by atoms with Crippen LogP contribution in [0, 0.1) is 16.7 Å². The molecule has 116 valence electrons. The summed E-state index contributed by atoms with van der Waals surface area (Å²) in [4.78, 5) is 0. The summed E-state index contributed by atoms with van der Waals surface area (Å²) in [6.45, 7) is 23.2. The fourth-order valence-corrected chi connectivity index (χ4v) is 3.85. The average Bonchev–Trinajstić information content (AvgIpc) is 2.12. The first-order chi connectivity index (χ1) is 8.36. The zero-order valence-electron chi connectivity index (χ0n) is 15.0. The van der Waals surface area contributed by atoms with Crippen molar-refractivity contribution in [2.45, 2.75) is 80.1 Å². The molecule has 1 atom stereocenters. The average molecular weight is 287 g/mol. The predicted octanol–water partition coefficient (Wildman–Crippen LogP) is 5.83. The summed E-state index contributed by atoms with van der Waals surface area (Å²) in [5.41, 5.74) is 0.679. The van der Waals surface area contributed by atoms with E-state index in [4.69, 9.17) is 4.74 Å². The fourth-order valence-electron chi connectivity index (χ4n) is 2.64. The molecule has 0 heterocycles. The van der Waals surface area contributed by atoms with Crippen LogP contribution in [0.2, 0.25) is 25.7 Å². The van der Waals surface area contributed by atoms with Gasteiger partial charge in [0, 0.05) is 14.7 Å². The molecule has 0 aromatic heterocycles. The van der Waals surface area contributed by atoms with Gasteiger partial charge in [0.25, 0.3) is 0 Å². The zero-order valence-corrected chi connectivity index (χ0v) is 16.0. The van der Waals surface area contributed by atoms with Crippen molar-refractivity contribution in [3.05, 3.63) is 0 Å². The summed E-state index contributed by atoms with van der Waals surface area (Å²) in [6.07, 6.45) is 2.46. The molecule has 0 rings (SSSR count). The molecule has 0 aliphatic rings. The van der Waals surface area contributed by atoms with Crippen molar-refractivity contribution in [2.75, 3.05) is 13.2 Å². The van der Waals surface area contributed by atoms with E-state index in [9.17, 15) is 0 Å². The Morgan fingerprint density at radius 2 is 1.53 bits per heavy atom. The number of hydrogen-bond acceptors (Lipinski definition) is 1. The second-order valence-corrected chi connectivity index (χ2v) is 14.9. The first kappa shape index (κ1) is 19.2. The lowest BCUT2D eigenvalue weighted by molar-refractivity contribution is 0.00117. The lowest BCUT2D eigenvalue weighted by Crippen LogP contribution is -2.34. The van der Waals surface area contributed by atoms with Crippen LogP contribution in [0.3, 0.4) is 0 Å². The predicted molar refractivity (Wildman–Crippen MR) is 90.6 cm³/mol. The van der Waals surface area contributed by atoms with Crippen molar-refractivity contribution >= 4 is 8.07 Å². The molecule has 0 radical (unpaired) electrons. The molecular weight excluding hydrogens is 248 g/mol. The number of rotatable bonds is 8. The van der Waals surface area contributed by atoms with Gasteiger partial charge in [-0.1, -0.05) is 67.2 Å². The fraction of sp³-hybridized carbons (Fsp3) is 1.00. The molecule has 0 amide bonds. The van der Waals surface area contributed by atoms with Crippen molar-refractivity contribution in [2.24, 2.45) is 16.7 Å². The highest BCUT2D eigenvalue weighted by atomic mass is 28.3. The Labute approximate surface area is 123 Å². The number of ether oxygens (including phenoxy) is 1. The van der Waals surface area contributed by atoms with Crippen molar-refractivity contribution < 1.29 is 4.74 Å². The quantitative estimate of drug-likeness (QED) is 0.403. The first-order valence-electron chi connectivity index (χ1n) is 7.93. The third-order valence-corrected chi connectivity index (χ3v) is 5.83. The Morgan fingerprint density at radius 3 is 1.89 bits per heavy atom. The van der Waals surface area contributed by atoms with Crippen LogP contribution in [-0.2, 0) is 4.74 Å². The van der Waals surface area contributed by atoms with E-state index in [1.807, 2.05) is 0 Å². The van der Waals surface area contributed by atoms with Gasteiger partial charge in [0.15, 0.2) is 0 Å². The van der Waals surface area contributed by atoms with Crippen LogP contribution in [0.1, 0.15) is 54.4 Å². The van der Waals surface area contributed by atoms with Crippen LogP contribution in [0.25, 0.3) is 0 Å². The molecule has 1 unspecified atom stereocenters. The molecule has 0 saturated heterocycles. The van der Waals surface area contributed by atoms with Crippen LogP contribution in [-0.4, -0.2) is 21.3 Å². The number of hydrogen-bond donors (Lipinski definition) is 0. The van der Waals surface area contributed by atoms with Crippen molar-refractivity contribution in [3.8, 4) is 0 Å². The highest BCUT2D eigenvalue weighted by Crippen LogP contribution is 2.39. The normalized spacial score (nSPS) is 16.7. The molecular formula is C17H38OSi. The maximum atomic E-state index is 6.02. The van der Waals surface area contributed by atoms with Gasteiger partial charge >= 0.3 is 0 Å². The molecule has 0 aliphatic heterocycles. The summed E-state index contributed by atoms with van der Waals surface area (Å²) in [6, 6.07) is 1.38. The van der Waals surface area contributed by atoms with Gasteiger partial charge in [-0.05, 0) is 29.6 Å². The van der Waals surface area contributed by atoms with Crippen molar-refractivity contribution in [1.82, 2.24) is 0 Å². The van der Waals surface area contributed by atoms with Crippen molar-refractivity contribution in [3.63, 3.8) is 0 Å². The van der Waals surface area contributed by atoms with Gasteiger partial charge in [-0.2, -0.15) is 0 Å². The van der Waals surface area contributed by atoms with Gasteiger partial charge in [-0.3, -0.25) is 0 Å². The topological polar surface area (TPSA) is 9.23 Å². The van der Waals surface area contributed by atoms with Crippen molar-refractivity contribution in [1.29, 1.82) is 0 Å². The van der Waals surface area contributed by atoms with Gasteiger partial charge in [-0.25, -0.2) is 0 Å². The SMILES string of the molecule is CC(C)C(C)(COCCC[Si](C)(C)C)CC(C)(C)C. The van der Waals surface area contributed by atoms with E-state index in [0.717, 1.165) is 13.2 Å². The highest BCUT2D eigenvalue weighted by Gasteiger charge is 2.33. The molecule has 0 N–H and O–H groups in total. The van der Waals surface area contributed by atoms with E-state index in [2.05, 4.69) is 61.2 Å². The van der Waals surface area contributed by atoms with Crippen LogP contribution in [0.15, 0.2) is 0 Å². The Balaban J connectivity index is 4.16. The Kier molecular flexibility index (Phi) is 7.33. The minimum Gasteiger partial charge on any atom is -0.381 e. The maximum Gasteiger partial charge on any atom is 0.0522 e. The summed E-state index contributed by atoms with van der Waals surface area (Å²) < 4.78 is 6.02. The van der Waals surface area contributed by atoms with E-state index in [1.165, 1.54) is 18.9 Å². The zero-order chi connectivity index (χ0) is 15.3. The molecule has 0 spiro atoms.